The van der Waals surface area contributed by atoms with Gasteiger partial charge in [0.2, 0.25) is 0 Å². The molecule has 1 atom stereocenters. The lowest BCUT2D eigenvalue weighted by Crippen LogP contribution is -2.49. The predicted molar refractivity (Wildman–Crippen MR) is 181 cm³/mol. The summed E-state index contributed by atoms with van der Waals surface area (Å²) in [6.07, 6.45) is -0.748. The number of nitrogens with one attached hydrogen (secondary N) is 1. The van der Waals surface area contributed by atoms with Gasteiger partial charge in [-0.3, -0.25) is 9.58 Å². The minimum atomic E-state index is -4.42. The fraction of sp³-hybridized carbons (Fsp3) is 0.571. The number of piperidine rings is 1. The summed E-state index contributed by atoms with van der Waals surface area (Å²) in [5, 5.41) is 19.6. The number of fused-ring (bicyclic) bond motifs is 1. The van der Waals surface area contributed by atoms with Crippen LogP contribution in [-0.4, -0.2) is 102 Å². The molecule has 3 aliphatic heterocycles. The van der Waals surface area contributed by atoms with Crippen LogP contribution in [0.4, 0.5) is 18.9 Å². The van der Waals surface area contributed by atoms with E-state index < -0.39 is 17.8 Å². The molecule has 2 fully saturated rings. The molecule has 2 saturated heterocycles. The number of ether oxygens (including phenoxy) is 1. The molecule has 0 saturated carbocycles. The Hall–Kier alpha value is -2.77. The first-order valence-corrected chi connectivity index (χ1v) is 18.0. The molecule has 47 heavy (non-hydrogen) atoms. The molecule has 0 amide bonds. The van der Waals surface area contributed by atoms with E-state index >= 15 is 0 Å². The van der Waals surface area contributed by atoms with Gasteiger partial charge >= 0.3 is 6.18 Å². The van der Waals surface area contributed by atoms with Crippen molar-refractivity contribution in [1.29, 1.82) is 0 Å². The van der Waals surface area contributed by atoms with Gasteiger partial charge in [-0.1, -0.05) is 24.6 Å². The summed E-state index contributed by atoms with van der Waals surface area (Å²) in [6, 6.07) is 12.6. The Morgan fingerprint density at radius 1 is 0.979 bits per heavy atom. The van der Waals surface area contributed by atoms with Crippen LogP contribution in [0.2, 0.25) is 0 Å². The van der Waals surface area contributed by atoms with E-state index in [1.165, 1.54) is 24.2 Å². The molecule has 1 aromatic heterocycles. The minimum absolute atomic E-state index is 0.252. The van der Waals surface area contributed by atoms with Crippen molar-refractivity contribution in [1.82, 2.24) is 24.9 Å². The zero-order valence-electron chi connectivity index (χ0n) is 27.3. The maximum absolute atomic E-state index is 14.0. The average Bonchev–Trinajstić information content (AvgIpc) is 3.43. The molecular formula is C35H47F3N6O2S. The van der Waals surface area contributed by atoms with Crippen molar-refractivity contribution in [3.8, 4) is 17.0 Å². The first-order valence-electron chi connectivity index (χ1n) is 17.0. The molecule has 0 aliphatic carbocycles. The molecule has 4 heterocycles. The number of β-amino-alcohol motifs (C(OH)–C–C–N with tert-alkyl or cyclic N) is 1. The quantitative estimate of drug-likeness (QED) is 0.249. The molecule has 8 nitrogen and oxygen atoms in total. The Morgan fingerprint density at radius 3 is 2.53 bits per heavy atom. The number of nitrogens with zero attached hydrogens (tertiary/aromatic N) is 5. The number of aliphatic hydroxyl groups excluding tert-OH is 1. The second-order valence-electron chi connectivity index (χ2n) is 12.7. The molecule has 6 rings (SSSR count). The zero-order valence-corrected chi connectivity index (χ0v) is 28.1. The Kier molecular flexibility index (Phi) is 11.3. The Morgan fingerprint density at radius 2 is 1.77 bits per heavy atom. The number of aliphatic hydroxyl groups is 1. The van der Waals surface area contributed by atoms with Crippen LogP contribution in [0.15, 0.2) is 47.4 Å². The second-order valence-corrected chi connectivity index (χ2v) is 13.8. The fourth-order valence-corrected chi connectivity index (χ4v) is 8.14. The van der Waals surface area contributed by atoms with E-state index in [1.807, 2.05) is 29.8 Å². The number of aromatic nitrogens is 2. The molecular weight excluding hydrogens is 625 g/mol. The summed E-state index contributed by atoms with van der Waals surface area (Å²) >= 11 is 1.28. The van der Waals surface area contributed by atoms with Crippen molar-refractivity contribution in [3.63, 3.8) is 0 Å². The predicted octanol–water partition coefficient (Wildman–Crippen LogP) is 5.37. The van der Waals surface area contributed by atoms with Crippen molar-refractivity contribution >= 4 is 17.4 Å². The van der Waals surface area contributed by atoms with Crippen LogP contribution in [0.25, 0.3) is 11.3 Å². The van der Waals surface area contributed by atoms with Gasteiger partial charge in [0.1, 0.15) is 5.75 Å². The van der Waals surface area contributed by atoms with Gasteiger partial charge in [-0.2, -0.15) is 18.3 Å². The number of benzene rings is 2. The van der Waals surface area contributed by atoms with Crippen molar-refractivity contribution < 1.29 is 23.0 Å². The maximum Gasteiger partial charge on any atom is 0.417 e. The number of para-hydroxylation sites is 2. The van der Waals surface area contributed by atoms with Gasteiger partial charge in [0.25, 0.3) is 0 Å². The highest BCUT2D eigenvalue weighted by molar-refractivity contribution is 7.99. The largest absolute Gasteiger partial charge is 0.492 e. The standard InChI is InChI=1S/C35H47F3N6O2S/c1-2-46-32-9-5-4-8-31(32)43-18-16-42(17-19-43)24-27(45)25-44-30-12-13-39-23-28(30)34(40-44)26-10-11-29(35(36,37)38)33(22-26)47-21-20-41-14-6-3-7-15-41/h4-5,8-11,22,27,39,45H,2-3,6-7,12-21,23-25H2,1H3. The highest BCUT2D eigenvalue weighted by Gasteiger charge is 2.34. The molecule has 3 aromatic rings. The van der Waals surface area contributed by atoms with Crippen molar-refractivity contribution in [2.24, 2.45) is 0 Å². The lowest BCUT2D eigenvalue weighted by atomic mass is 10.0. The van der Waals surface area contributed by atoms with Gasteiger partial charge in [0, 0.05) is 86.2 Å². The summed E-state index contributed by atoms with van der Waals surface area (Å²) in [5.74, 6) is 1.51. The third-order valence-corrected chi connectivity index (χ3v) is 10.4. The van der Waals surface area contributed by atoms with Crippen molar-refractivity contribution in [2.45, 2.75) is 62.9 Å². The SMILES string of the molecule is CCOc1ccccc1N1CCN(CC(O)Cn2nc(-c3ccc(C(F)(F)F)c(SCCN4CCCCC4)c3)c3c2CCNC3)CC1. The van der Waals surface area contributed by atoms with Gasteiger partial charge < -0.3 is 25.0 Å². The number of thioether (sulfide) groups is 1. The smallest absolute Gasteiger partial charge is 0.417 e. The molecule has 1 unspecified atom stereocenters. The van der Waals surface area contributed by atoms with Gasteiger partial charge in [0.05, 0.1) is 36.2 Å². The lowest BCUT2D eigenvalue weighted by Gasteiger charge is -2.37. The van der Waals surface area contributed by atoms with Gasteiger partial charge in [-0.25, -0.2) is 0 Å². The summed E-state index contributed by atoms with van der Waals surface area (Å²) in [5.41, 5.74) is 3.96. The number of halogens is 3. The monoisotopic (exact) mass is 672 g/mol. The van der Waals surface area contributed by atoms with E-state index in [4.69, 9.17) is 9.84 Å². The van der Waals surface area contributed by atoms with E-state index in [2.05, 4.69) is 26.1 Å². The Bertz CT molecular complexity index is 1470. The number of likely N-dealkylation sites (tertiary alicyclic amines) is 1. The molecule has 2 aromatic carbocycles. The molecule has 12 heteroatoms. The number of rotatable bonds is 12. The van der Waals surface area contributed by atoms with E-state index in [1.54, 1.807) is 12.1 Å². The normalized spacial score (nSPS) is 18.7. The third kappa shape index (κ3) is 8.45. The maximum atomic E-state index is 14.0. The molecule has 2 N–H and O–H groups in total. The zero-order chi connectivity index (χ0) is 32.8. The van der Waals surface area contributed by atoms with Crippen LogP contribution in [0, 0.1) is 0 Å². The van der Waals surface area contributed by atoms with Crippen LogP contribution < -0.4 is 15.0 Å². The third-order valence-electron chi connectivity index (χ3n) is 9.41. The number of anilines is 1. The number of piperazine rings is 1. The summed E-state index contributed by atoms with van der Waals surface area (Å²) < 4.78 is 49.8. The topological polar surface area (TPSA) is 69.0 Å². The summed E-state index contributed by atoms with van der Waals surface area (Å²) in [4.78, 5) is 7.22. The van der Waals surface area contributed by atoms with Crippen LogP contribution >= 0.6 is 11.8 Å². The molecule has 0 radical (unpaired) electrons. The minimum Gasteiger partial charge on any atom is -0.492 e. The highest BCUT2D eigenvalue weighted by Crippen LogP contribution is 2.40. The van der Waals surface area contributed by atoms with Crippen LogP contribution in [0.1, 0.15) is 43.0 Å². The van der Waals surface area contributed by atoms with E-state index in [0.717, 1.165) is 94.3 Å². The van der Waals surface area contributed by atoms with Crippen LogP contribution in [0.5, 0.6) is 5.75 Å². The lowest BCUT2D eigenvalue weighted by molar-refractivity contribution is -0.139. The van der Waals surface area contributed by atoms with Crippen LogP contribution in [0.3, 0.4) is 0 Å². The number of alkyl halides is 3. The molecule has 3 aliphatic rings. The second kappa shape index (κ2) is 15.6. The fourth-order valence-electron chi connectivity index (χ4n) is 7.02. The van der Waals surface area contributed by atoms with E-state index in [0.29, 0.717) is 43.3 Å². The van der Waals surface area contributed by atoms with Gasteiger partial charge in [-0.15, -0.1) is 11.8 Å². The highest BCUT2D eigenvalue weighted by atomic mass is 32.2. The summed E-state index contributed by atoms with van der Waals surface area (Å²) in [7, 11) is 0. The van der Waals surface area contributed by atoms with E-state index in [9.17, 15) is 18.3 Å². The van der Waals surface area contributed by atoms with Crippen LogP contribution in [-0.2, 0) is 25.7 Å². The molecule has 0 spiro atoms. The van der Waals surface area contributed by atoms with Gasteiger partial charge in [0.15, 0.2) is 0 Å². The molecule has 256 valence electrons. The average molecular weight is 673 g/mol. The first-order chi connectivity index (χ1) is 22.8. The molecule has 0 bridgehead atoms. The summed E-state index contributed by atoms with van der Waals surface area (Å²) in [6.45, 7) is 11.0. The van der Waals surface area contributed by atoms with Crippen molar-refractivity contribution in [2.75, 3.05) is 76.2 Å². The number of hydrogen-bond donors (Lipinski definition) is 2. The Balaban J connectivity index is 1.13. The van der Waals surface area contributed by atoms with E-state index in [-0.39, 0.29) is 4.90 Å². The first kappa shape index (κ1) is 34.1. The number of hydrogen-bond acceptors (Lipinski definition) is 8. The van der Waals surface area contributed by atoms with Crippen molar-refractivity contribution in [3.05, 3.63) is 59.3 Å². The Labute approximate surface area is 280 Å². The van der Waals surface area contributed by atoms with Gasteiger partial charge in [-0.05, 0) is 57.1 Å².